The molecule has 1 heterocycles. The van der Waals surface area contributed by atoms with Gasteiger partial charge >= 0.3 is 0 Å². The fraction of sp³-hybridized carbons (Fsp3) is 0.308. The molecule has 0 atom stereocenters. The Morgan fingerprint density at radius 2 is 2.24 bits per heavy atom. The SMILES string of the molecule is CCCc1c(CN)cnn1-c1cccc(Cl)c1. The van der Waals surface area contributed by atoms with Crippen LogP contribution in [-0.4, -0.2) is 9.78 Å². The van der Waals surface area contributed by atoms with Gasteiger partial charge in [-0.2, -0.15) is 5.10 Å². The Morgan fingerprint density at radius 3 is 2.88 bits per heavy atom. The molecule has 0 amide bonds. The second kappa shape index (κ2) is 5.34. The Morgan fingerprint density at radius 1 is 1.41 bits per heavy atom. The Labute approximate surface area is 106 Å². The standard InChI is InChI=1S/C13H16ClN3/c1-2-4-13-10(8-15)9-16-17(13)12-6-3-5-11(14)7-12/h3,5-7,9H,2,4,8,15H2,1H3. The van der Waals surface area contributed by atoms with Gasteiger partial charge in [-0.3, -0.25) is 0 Å². The van der Waals surface area contributed by atoms with Crippen molar-refractivity contribution in [1.82, 2.24) is 9.78 Å². The van der Waals surface area contributed by atoms with Crippen LogP contribution in [0.3, 0.4) is 0 Å². The quantitative estimate of drug-likeness (QED) is 0.906. The number of hydrogen-bond donors (Lipinski definition) is 1. The van der Waals surface area contributed by atoms with Gasteiger partial charge in [-0.25, -0.2) is 4.68 Å². The van der Waals surface area contributed by atoms with Gasteiger partial charge in [0.25, 0.3) is 0 Å². The van der Waals surface area contributed by atoms with Gasteiger partial charge < -0.3 is 5.73 Å². The van der Waals surface area contributed by atoms with Crippen molar-refractivity contribution in [1.29, 1.82) is 0 Å². The Bertz CT molecular complexity index is 505. The minimum atomic E-state index is 0.524. The van der Waals surface area contributed by atoms with Crippen LogP contribution in [0.1, 0.15) is 24.6 Å². The molecule has 4 heteroatoms. The third-order valence-corrected chi connectivity index (χ3v) is 2.95. The van der Waals surface area contributed by atoms with E-state index in [2.05, 4.69) is 12.0 Å². The van der Waals surface area contributed by atoms with E-state index in [0.29, 0.717) is 6.54 Å². The molecule has 0 aliphatic heterocycles. The molecule has 1 aromatic carbocycles. The monoisotopic (exact) mass is 249 g/mol. The van der Waals surface area contributed by atoms with Gasteiger partial charge in [-0.05, 0) is 24.6 Å². The normalized spacial score (nSPS) is 10.8. The highest BCUT2D eigenvalue weighted by molar-refractivity contribution is 6.30. The maximum atomic E-state index is 6.00. The summed E-state index contributed by atoms with van der Waals surface area (Å²) < 4.78 is 1.93. The van der Waals surface area contributed by atoms with Gasteiger partial charge in [0.1, 0.15) is 0 Å². The molecule has 0 aliphatic rings. The summed E-state index contributed by atoms with van der Waals surface area (Å²) in [5.41, 5.74) is 8.99. The molecule has 0 fully saturated rings. The summed E-state index contributed by atoms with van der Waals surface area (Å²) in [6.07, 6.45) is 3.88. The zero-order chi connectivity index (χ0) is 12.3. The fourth-order valence-electron chi connectivity index (χ4n) is 1.91. The van der Waals surface area contributed by atoms with Crippen molar-refractivity contribution in [3.05, 3.63) is 46.7 Å². The van der Waals surface area contributed by atoms with Crippen LogP contribution >= 0.6 is 11.6 Å². The zero-order valence-corrected chi connectivity index (χ0v) is 10.6. The lowest BCUT2D eigenvalue weighted by atomic mass is 10.1. The first-order valence-electron chi connectivity index (χ1n) is 5.78. The van der Waals surface area contributed by atoms with Crippen molar-refractivity contribution in [3.8, 4) is 5.69 Å². The lowest BCUT2D eigenvalue weighted by Crippen LogP contribution is -2.05. The highest BCUT2D eigenvalue weighted by atomic mass is 35.5. The van der Waals surface area contributed by atoms with E-state index in [4.69, 9.17) is 17.3 Å². The second-order valence-electron chi connectivity index (χ2n) is 3.96. The summed E-state index contributed by atoms with van der Waals surface area (Å²) in [6, 6.07) is 7.70. The van der Waals surface area contributed by atoms with Gasteiger partial charge in [-0.1, -0.05) is 31.0 Å². The smallest absolute Gasteiger partial charge is 0.0663 e. The van der Waals surface area contributed by atoms with Gasteiger partial charge in [0.2, 0.25) is 0 Å². The third-order valence-electron chi connectivity index (χ3n) is 2.71. The number of benzene rings is 1. The van der Waals surface area contributed by atoms with Crippen LogP contribution in [0.5, 0.6) is 0 Å². The van der Waals surface area contributed by atoms with Crippen LogP contribution in [0.4, 0.5) is 0 Å². The van der Waals surface area contributed by atoms with Crippen molar-refractivity contribution < 1.29 is 0 Å². The van der Waals surface area contributed by atoms with E-state index >= 15 is 0 Å². The number of aromatic nitrogens is 2. The molecular formula is C13H16ClN3. The highest BCUT2D eigenvalue weighted by Crippen LogP contribution is 2.19. The summed E-state index contributed by atoms with van der Waals surface area (Å²) in [4.78, 5) is 0. The second-order valence-corrected chi connectivity index (χ2v) is 4.40. The Balaban J connectivity index is 2.47. The Hall–Kier alpha value is -1.32. The fourth-order valence-corrected chi connectivity index (χ4v) is 2.10. The molecule has 0 saturated heterocycles. The molecule has 17 heavy (non-hydrogen) atoms. The molecule has 0 radical (unpaired) electrons. The van der Waals surface area contributed by atoms with E-state index in [0.717, 1.165) is 29.1 Å². The maximum Gasteiger partial charge on any atom is 0.0663 e. The van der Waals surface area contributed by atoms with Crippen LogP contribution in [0.2, 0.25) is 5.02 Å². The van der Waals surface area contributed by atoms with Gasteiger partial charge in [-0.15, -0.1) is 0 Å². The number of nitrogens with zero attached hydrogens (tertiary/aromatic N) is 2. The van der Waals surface area contributed by atoms with Crippen molar-refractivity contribution in [2.75, 3.05) is 0 Å². The summed E-state index contributed by atoms with van der Waals surface area (Å²) in [6.45, 7) is 2.67. The number of nitrogens with two attached hydrogens (primary N) is 1. The highest BCUT2D eigenvalue weighted by Gasteiger charge is 2.10. The topological polar surface area (TPSA) is 43.8 Å². The minimum absolute atomic E-state index is 0.524. The van der Waals surface area contributed by atoms with Crippen LogP contribution in [0.25, 0.3) is 5.69 Å². The number of halogens is 1. The van der Waals surface area contributed by atoms with Crippen molar-refractivity contribution in [2.45, 2.75) is 26.3 Å². The van der Waals surface area contributed by atoms with Crippen molar-refractivity contribution in [3.63, 3.8) is 0 Å². The largest absolute Gasteiger partial charge is 0.326 e. The summed E-state index contributed by atoms with van der Waals surface area (Å²) in [5.74, 6) is 0. The van der Waals surface area contributed by atoms with Crippen LogP contribution in [-0.2, 0) is 13.0 Å². The van der Waals surface area contributed by atoms with E-state index in [-0.39, 0.29) is 0 Å². The molecule has 1 aromatic heterocycles. The maximum absolute atomic E-state index is 6.00. The molecule has 90 valence electrons. The summed E-state index contributed by atoms with van der Waals surface area (Å²) in [7, 11) is 0. The Kier molecular flexibility index (Phi) is 3.82. The molecule has 2 aromatic rings. The van der Waals surface area contributed by atoms with Crippen LogP contribution < -0.4 is 5.73 Å². The zero-order valence-electron chi connectivity index (χ0n) is 9.86. The number of rotatable bonds is 4. The summed E-state index contributed by atoms with van der Waals surface area (Å²) >= 11 is 6.00. The predicted molar refractivity (Wildman–Crippen MR) is 70.5 cm³/mol. The van der Waals surface area contributed by atoms with E-state index in [9.17, 15) is 0 Å². The van der Waals surface area contributed by atoms with Gasteiger partial charge in [0.15, 0.2) is 0 Å². The lowest BCUT2D eigenvalue weighted by molar-refractivity contribution is 0.767. The molecule has 0 saturated carbocycles. The molecule has 0 aliphatic carbocycles. The van der Waals surface area contributed by atoms with Crippen LogP contribution in [0.15, 0.2) is 30.5 Å². The number of hydrogen-bond acceptors (Lipinski definition) is 2. The predicted octanol–water partition coefficient (Wildman–Crippen LogP) is 2.94. The summed E-state index contributed by atoms with van der Waals surface area (Å²) in [5, 5.41) is 5.11. The first kappa shape index (κ1) is 12.1. The van der Waals surface area contributed by atoms with E-state index in [1.165, 1.54) is 5.69 Å². The van der Waals surface area contributed by atoms with E-state index in [1.54, 1.807) is 0 Å². The third kappa shape index (κ3) is 2.51. The van der Waals surface area contributed by atoms with E-state index < -0.39 is 0 Å². The molecule has 2 rings (SSSR count). The molecule has 3 nitrogen and oxygen atoms in total. The molecule has 0 unspecified atom stereocenters. The van der Waals surface area contributed by atoms with E-state index in [1.807, 2.05) is 35.1 Å². The van der Waals surface area contributed by atoms with Crippen molar-refractivity contribution in [2.24, 2.45) is 5.73 Å². The van der Waals surface area contributed by atoms with Crippen molar-refractivity contribution >= 4 is 11.6 Å². The molecule has 0 bridgehead atoms. The van der Waals surface area contributed by atoms with Crippen LogP contribution in [0, 0.1) is 0 Å². The van der Waals surface area contributed by atoms with Gasteiger partial charge in [0, 0.05) is 22.8 Å². The molecule has 2 N–H and O–H groups in total. The molecular weight excluding hydrogens is 234 g/mol. The first-order chi connectivity index (χ1) is 8.26. The lowest BCUT2D eigenvalue weighted by Gasteiger charge is -2.08. The first-order valence-corrected chi connectivity index (χ1v) is 6.15. The minimum Gasteiger partial charge on any atom is -0.326 e. The molecule has 0 spiro atoms. The average Bonchev–Trinajstić information content (AvgIpc) is 2.72. The van der Waals surface area contributed by atoms with Gasteiger partial charge in [0.05, 0.1) is 11.9 Å². The average molecular weight is 250 g/mol.